The standard InChI is InChI=1S/C30H33ClN4O10S2/c1-42-25-7-3-20(17-27(25)46(38,39)34-9-13-44-14-10-34)29(36)32-22-5-6-24(23(31)19-22)33-30(37)21-4-8-26(43-2)28(18-21)47(40,41)35-11-15-45-16-12-35/h3-8,17-19H,9-16H2,1-2H3,(H,32,36)(H,33,37). The maximum absolute atomic E-state index is 13.3. The van der Waals surface area contributed by atoms with Crippen LogP contribution in [-0.4, -0.2) is 104 Å². The average molecular weight is 709 g/mol. The summed E-state index contributed by atoms with van der Waals surface area (Å²) in [6, 6.07) is 12.5. The van der Waals surface area contributed by atoms with Gasteiger partial charge >= 0.3 is 0 Å². The summed E-state index contributed by atoms with van der Waals surface area (Å²) in [5, 5.41) is 5.41. The number of hydrogen-bond donors (Lipinski definition) is 2. The number of anilines is 2. The molecule has 2 heterocycles. The Morgan fingerprint density at radius 1 is 0.681 bits per heavy atom. The number of nitrogens with zero attached hydrogens (tertiary/aromatic N) is 2. The fourth-order valence-corrected chi connectivity index (χ4v) is 8.39. The van der Waals surface area contributed by atoms with Crippen molar-refractivity contribution in [1.82, 2.24) is 8.61 Å². The van der Waals surface area contributed by atoms with Gasteiger partial charge in [0.1, 0.15) is 21.3 Å². The van der Waals surface area contributed by atoms with Crippen LogP contribution in [0.5, 0.6) is 11.5 Å². The van der Waals surface area contributed by atoms with Crippen molar-refractivity contribution < 1.29 is 45.4 Å². The van der Waals surface area contributed by atoms with Crippen LogP contribution < -0.4 is 20.1 Å². The summed E-state index contributed by atoms with van der Waals surface area (Å²) in [5.74, 6) is -1.05. The summed E-state index contributed by atoms with van der Waals surface area (Å²) >= 11 is 6.44. The molecule has 17 heteroatoms. The third-order valence-corrected chi connectivity index (χ3v) is 11.7. The van der Waals surface area contributed by atoms with Crippen LogP contribution >= 0.6 is 11.6 Å². The fraction of sp³-hybridized carbons (Fsp3) is 0.333. The number of morpholine rings is 2. The van der Waals surface area contributed by atoms with Gasteiger partial charge in [-0.15, -0.1) is 0 Å². The molecule has 0 bridgehead atoms. The van der Waals surface area contributed by atoms with E-state index in [0.29, 0.717) is 0 Å². The number of sulfonamides is 2. The number of halogens is 1. The Balaban J connectivity index is 1.31. The van der Waals surface area contributed by atoms with Crippen molar-refractivity contribution in [2.75, 3.05) is 77.5 Å². The minimum atomic E-state index is -3.97. The number of amides is 2. The van der Waals surface area contributed by atoms with E-state index < -0.39 is 31.9 Å². The Morgan fingerprint density at radius 2 is 1.13 bits per heavy atom. The monoisotopic (exact) mass is 708 g/mol. The maximum Gasteiger partial charge on any atom is 0.255 e. The van der Waals surface area contributed by atoms with Gasteiger partial charge in [0, 0.05) is 43.0 Å². The van der Waals surface area contributed by atoms with Gasteiger partial charge in [-0.3, -0.25) is 9.59 Å². The first-order valence-electron chi connectivity index (χ1n) is 14.4. The second-order valence-corrected chi connectivity index (χ2v) is 14.6. The second-order valence-electron chi connectivity index (χ2n) is 10.4. The Morgan fingerprint density at radius 3 is 1.55 bits per heavy atom. The zero-order valence-electron chi connectivity index (χ0n) is 25.5. The Hall–Kier alpha value is -3.77. The van der Waals surface area contributed by atoms with Gasteiger partial charge in [0.25, 0.3) is 11.8 Å². The van der Waals surface area contributed by atoms with Crippen molar-refractivity contribution in [2.24, 2.45) is 0 Å². The molecule has 0 radical (unpaired) electrons. The summed E-state index contributed by atoms with van der Waals surface area (Å²) < 4.78 is 76.8. The molecule has 2 N–H and O–H groups in total. The SMILES string of the molecule is COc1ccc(C(=O)Nc2ccc(NC(=O)c3ccc(OC)c(S(=O)(=O)N4CCOCC4)c3)c(Cl)c2)cc1S(=O)(=O)N1CCOCC1. The molecule has 3 aromatic rings. The smallest absolute Gasteiger partial charge is 0.255 e. The highest BCUT2D eigenvalue weighted by molar-refractivity contribution is 7.89. The summed E-state index contributed by atoms with van der Waals surface area (Å²) in [4.78, 5) is 26.0. The number of carbonyl (C=O) groups excluding carboxylic acids is 2. The molecule has 0 aromatic heterocycles. The fourth-order valence-electron chi connectivity index (χ4n) is 4.98. The van der Waals surface area contributed by atoms with Crippen molar-refractivity contribution in [3.63, 3.8) is 0 Å². The number of carbonyl (C=O) groups is 2. The molecule has 0 saturated carbocycles. The largest absolute Gasteiger partial charge is 0.495 e. The van der Waals surface area contributed by atoms with Crippen molar-refractivity contribution in [1.29, 1.82) is 0 Å². The van der Waals surface area contributed by atoms with E-state index in [0.717, 1.165) is 0 Å². The lowest BCUT2D eigenvalue weighted by Crippen LogP contribution is -2.40. The van der Waals surface area contributed by atoms with Crippen LogP contribution in [0.2, 0.25) is 5.02 Å². The lowest BCUT2D eigenvalue weighted by Gasteiger charge is -2.26. The summed E-state index contributed by atoms with van der Waals surface area (Å²) in [7, 11) is -5.24. The number of benzene rings is 3. The van der Waals surface area contributed by atoms with Crippen LogP contribution in [0.4, 0.5) is 11.4 Å². The number of methoxy groups -OCH3 is 2. The van der Waals surface area contributed by atoms with Gasteiger partial charge in [-0.25, -0.2) is 16.8 Å². The lowest BCUT2D eigenvalue weighted by molar-refractivity contribution is 0.0729. The normalized spacial score (nSPS) is 16.3. The Labute approximate surface area is 277 Å². The van der Waals surface area contributed by atoms with E-state index >= 15 is 0 Å². The van der Waals surface area contributed by atoms with Crippen LogP contribution in [-0.2, 0) is 29.5 Å². The van der Waals surface area contributed by atoms with Crippen LogP contribution in [0.25, 0.3) is 0 Å². The van der Waals surface area contributed by atoms with Crippen LogP contribution in [0.1, 0.15) is 20.7 Å². The minimum absolute atomic E-state index is 0.0495. The van der Waals surface area contributed by atoms with Gasteiger partial charge in [-0.05, 0) is 54.6 Å². The molecule has 14 nitrogen and oxygen atoms in total. The maximum atomic E-state index is 13.3. The molecule has 2 aliphatic rings. The van der Waals surface area contributed by atoms with Gasteiger partial charge in [0.2, 0.25) is 20.0 Å². The lowest BCUT2D eigenvalue weighted by atomic mass is 10.2. The highest BCUT2D eigenvalue weighted by Crippen LogP contribution is 2.32. The van der Waals surface area contributed by atoms with Gasteiger partial charge in [-0.1, -0.05) is 11.6 Å². The number of hydrogen-bond acceptors (Lipinski definition) is 10. The molecule has 2 aliphatic heterocycles. The topological polar surface area (TPSA) is 170 Å². The molecule has 2 amide bonds. The van der Waals surface area contributed by atoms with E-state index in [1.54, 1.807) is 0 Å². The van der Waals surface area contributed by atoms with Crippen LogP contribution in [0.15, 0.2) is 64.4 Å². The predicted octanol–water partition coefficient (Wildman–Crippen LogP) is 2.90. The van der Waals surface area contributed by atoms with E-state index in [4.69, 9.17) is 30.5 Å². The highest BCUT2D eigenvalue weighted by atomic mass is 35.5. The summed E-state index contributed by atoms with van der Waals surface area (Å²) in [6.45, 7) is 1.74. The first-order valence-corrected chi connectivity index (χ1v) is 17.7. The van der Waals surface area contributed by atoms with Gasteiger partial charge < -0.3 is 29.6 Å². The van der Waals surface area contributed by atoms with E-state index in [2.05, 4.69) is 10.6 Å². The van der Waals surface area contributed by atoms with Crippen molar-refractivity contribution >= 4 is 54.8 Å². The van der Waals surface area contributed by atoms with E-state index in [9.17, 15) is 26.4 Å². The highest BCUT2D eigenvalue weighted by Gasteiger charge is 2.31. The quantitative estimate of drug-likeness (QED) is 0.319. The minimum Gasteiger partial charge on any atom is -0.495 e. The third kappa shape index (κ3) is 7.54. The zero-order valence-corrected chi connectivity index (χ0v) is 27.9. The van der Waals surface area contributed by atoms with E-state index in [-0.39, 0.29) is 101 Å². The van der Waals surface area contributed by atoms with E-state index in [1.807, 2.05) is 0 Å². The number of nitrogens with one attached hydrogen (secondary N) is 2. The van der Waals surface area contributed by atoms with Gasteiger partial charge in [-0.2, -0.15) is 8.61 Å². The molecule has 3 aromatic carbocycles. The van der Waals surface area contributed by atoms with Crippen molar-refractivity contribution in [3.05, 3.63) is 70.7 Å². The molecule has 2 saturated heterocycles. The Kier molecular flexibility index (Phi) is 10.7. The van der Waals surface area contributed by atoms with Crippen molar-refractivity contribution in [2.45, 2.75) is 9.79 Å². The number of rotatable bonds is 10. The number of ether oxygens (including phenoxy) is 4. The Bertz CT molecular complexity index is 1880. The molecule has 0 aliphatic carbocycles. The summed E-state index contributed by atoms with van der Waals surface area (Å²) in [5.41, 5.74) is 0.586. The van der Waals surface area contributed by atoms with E-state index in [1.165, 1.54) is 77.4 Å². The molecule has 0 spiro atoms. The molecule has 0 atom stereocenters. The van der Waals surface area contributed by atoms with Crippen LogP contribution in [0.3, 0.4) is 0 Å². The molecule has 47 heavy (non-hydrogen) atoms. The van der Waals surface area contributed by atoms with Gasteiger partial charge in [0.05, 0.1) is 51.4 Å². The molecular weight excluding hydrogens is 676 g/mol. The van der Waals surface area contributed by atoms with Crippen molar-refractivity contribution in [3.8, 4) is 11.5 Å². The predicted molar refractivity (Wildman–Crippen MR) is 173 cm³/mol. The second kappa shape index (κ2) is 14.6. The molecule has 5 rings (SSSR count). The third-order valence-electron chi connectivity index (χ3n) is 7.50. The molecule has 252 valence electrons. The zero-order chi connectivity index (χ0) is 33.8. The van der Waals surface area contributed by atoms with Gasteiger partial charge in [0.15, 0.2) is 0 Å². The first kappa shape index (κ1) is 34.6. The first-order chi connectivity index (χ1) is 22.4. The summed E-state index contributed by atoms with van der Waals surface area (Å²) in [6.07, 6.45) is 0. The molecular formula is C30H33ClN4O10S2. The average Bonchev–Trinajstić information content (AvgIpc) is 3.09. The molecule has 2 fully saturated rings. The van der Waals surface area contributed by atoms with Crippen LogP contribution in [0, 0.1) is 0 Å². The molecule has 0 unspecified atom stereocenters.